The highest BCUT2D eigenvalue weighted by molar-refractivity contribution is 7.98. The van der Waals surface area contributed by atoms with Gasteiger partial charge in [-0.05, 0) is 48.5 Å². The van der Waals surface area contributed by atoms with Crippen LogP contribution in [0.25, 0.3) is 11.3 Å². The lowest BCUT2D eigenvalue weighted by molar-refractivity contribution is 0.0282. The third-order valence-corrected chi connectivity index (χ3v) is 5.50. The van der Waals surface area contributed by atoms with Gasteiger partial charge in [0.1, 0.15) is 16.5 Å². The van der Waals surface area contributed by atoms with Gasteiger partial charge in [0.15, 0.2) is 5.76 Å². The molecule has 1 amide bonds. The first-order chi connectivity index (χ1) is 14.2. The number of furan rings is 1. The summed E-state index contributed by atoms with van der Waals surface area (Å²) in [6.45, 7) is 2.33. The van der Waals surface area contributed by atoms with Crippen LogP contribution in [0.4, 0.5) is 0 Å². The Bertz CT molecular complexity index is 951. The molecule has 2 aromatic heterocycles. The van der Waals surface area contributed by atoms with Crippen molar-refractivity contribution < 1.29 is 18.7 Å². The average molecular weight is 411 g/mol. The molecule has 1 aliphatic rings. The molecule has 3 heterocycles. The fourth-order valence-electron chi connectivity index (χ4n) is 2.95. The lowest BCUT2D eigenvalue weighted by Gasteiger charge is -2.25. The molecule has 0 aliphatic carbocycles. The number of morpholine rings is 1. The van der Waals surface area contributed by atoms with Crippen LogP contribution in [0, 0.1) is 0 Å². The molecule has 1 aromatic carbocycles. The number of nitrogens with zero attached hydrogens (tertiary/aromatic N) is 3. The van der Waals surface area contributed by atoms with Crippen LogP contribution in [0.5, 0.6) is 5.75 Å². The summed E-state index contributed by atoms with van der Waals surface area (Å²) in [5, 5.41) is 9.37. The lowest BCUT2D eigenvalue weighted by Crippen LogP contribution is -2.40. The number of thioether (sulfide) groups is 1. The molecule has 7 nitrogen and oxygen atoms in total. The van der Waals surface area contributed by atoms with Crippen molar-refractivity contribution >= 4 is 17.7 Å². The zero-order chi connectivity index (χ0) is 20.1. The van der Waals surface area contributed by atoms with Crippen LogP contribution in [0.15, 0.2) is 58.0 Å². The average Bonchev–Trinajstić information content (AvgIpc) is 3.27. The van der Waals surface area contributed by atoms with E-state index in [0.717, 1.165) is 27.8 Å². The highest BCUT2D eigenvalue weighted by Crippen LogP contribution is 2.25. The second-order valence-electron chi connectivity index (χ2n) is 6.44. The molecule has 0 spiro atoms. The quantitative estimate of drug-likeness (QED) is 0.575. The topological polar surface area (TPSA) is 77.7 Å². The summed E-state index contributed by atoms with van der Waals surface area (Å²) in [6, 6.07) is 15.1. The van der Waals surface area contributed by atoms with Crippen molar-refractivity contribution in [3.63, 3.8) is 0 Å². The van der Waals surface area contributed by atoms with E-state index >= 15 is 0 Å². The van der Waals surface area contributed by atoms with Gasteiger partial charge in [-0.1, -0.05) is 11.8 Å². The standard InChI is InChI=1S/C21H21N3O4S/c1-26-16-4-2-15(3-5-16)18-7-9-20(23-22-18)29-14-17-6-8-19(28-17)21(25)24-10-12-27-13-11-24/h2-9H,10-14H2,1H3. The number of carbonyl (C=O) groups excluding carboxylic acids is 1. The van der Waals surface area contributed by atoms with Crippen molar-refractivity contribution in [2.45, 2.75) is 10.8 Å². The smallest absolute Gasteiger partial charge is 0.289 e. The number of hydrogen-bond acceptors (Lipinski definition) is 7. The summed E-state index contributed by atoms with van der Waals surface area (Å²) < 4.78 is 16.2. The molecule has 1 fully saturated rings. The van der Waals surface area contributed by atoms with Crippen LogP contribution >= 0.6 is 11.8 Å². The molecule has 8 heteroatoms. The van der Waals surface area contributed by atoms with Crippen LogP contribution < -0.4 is 4.74 Å². The number of methoxy groups -OCH3 is 1. The van der Waals surface area contributed by atoms with Gasteiger partial charge in [0.2, 0.25) is 0 Å². The number of amides is 1. The van der Waals surface area contributed by atoms with Crippen LogP contribution in [0.3, 0.4) is 0 Å². The van der Waals surface area contributed by atoms with Crippen LogP contribution in [-0.4, -0.2) is 54.4 Å². The van der Waals surface area contributed by atoms with Crippen molar-refractivity contribution in [1.29, 1.82) is 0 Å². The van der Waals surface area contributed by atoms with Gasteiger partial charge in [0, 0.05) is 18.7 Å². The fourth-order valence-corrected chi connectivity index (χ4v) is 3.66. The summed E-state index contributed by atoms with van der Waals surface area (Å²) in [4.78, 5) is 14.2. The molecule has 0 radical (unpaired) electrons. The molecule has 0 unspecified atom stereocenters. The number of benzene rings is 1. The minimum Gasteiger partial charge on any atom is -0.497 e. The number of aromatic nitrogens is 2. The Hall–Kier alpha value is -2.84. The van der Waals surface area contributed by atoms with Gasteiger partial charge in [0.25, 0.3) is 5.91 Å². The molecule has 0 saturated carbocycles. The van der Waals surface area contributed by atoms with E-state index in [2.05, 4.69) is 10.2 Å². The molecule has 0 atom stereocenters. The van der Waals surface area contributed by atoms with E-state index in [9.17, 15) is 4.79 Å². The summed E-state index contributed by atoms with van der Waals surface area (Å²) in [5.74, 6) is 2.38. The van der Waals surface area contributed by atoms with Gasteiger partial charge in [-0.2, -0.15) is 0 Å². The highest BCUT2D eigenvalue weighted by Gasteiger charge is 2.21. The van der Waals surface area contributed by atoms with Crippen molar-refractivity contribution in [3.05, 3.63) is 60.1 Å². The van der Waals surface area contributed by atoms with E-state index in [-0.39, 0.29) is 5.91 Å². The maximum Gasteiger partial charge on any atom is 0.289 e. The Morgan fingerprint density at radius 3 is 2.55 bits per heavy atom. The summed E-state index contributed by atoms with van der Waals surface area (Å²) in [7, 11) is 1.64. The molecule has 4 rings (SSSR count). The minimum absolute atomic E-state index is 0.0896. The second kappa shape index (κ2) is 9.11. The zero-order valence-electron chi connectivity index (χ0n) is 16.0. The molecular weight excluding hydrogens is 390 g/mol. The van der Waals surface area contributed by atoms with Gasteiger partial charge in [0.05, 0.1) is 31.8 Å². The van der Waals surface area contributed by atoms with E-state index in [0.29, 0.717) is 37.8 Å². The molecule has 1 saturated heterocycles. The van der Waals surface area contributed by atoms with Gasteiger partial charge < -0.3 is 18.8 Å². The molecule has 150 valence electrons. The Morgan fingerprint density at radius 1 is 1.07 bits per heavy atom. The molecule has 3 aromatic rings. The zero-order valence-corrected chi connectivity index (χ0v) is 16.9. The molecule has 1 aliphatic heterocycles. The van der Waals surface area contributed by atoms with Crippen molar-refractivity contribution in [3.8, 4) is 17.0 Å². The van der Waals surface area contributed by atoms with E-state index in [1.807, 2.05) is 42.5 Å². The summed E-state index contributed by atoms with van der Waals surface area (Å²) in [6.07, 6.45) is 0. The normalized spacial score (nSPS) is 14.0. The van der Waals surface area contributed by atoms with Crippen molar-refractivity contribution in [2.75, 3.05) is 33.4 Å². The largest absolute Gasteiger partial charge is 0.497 e. The Morgan fingerprint density at radius 2 is 1.86 bits per heavy atom. The minimum atomic E-state index is -0.0896. The van der Waals surface area contributed by atoms with E-state index in [1.165, 1.54) is 11.8 Å². The Balaban J connectivity index is 1.34. The molecular formula is C21H21N3O4S. The van der Waals surface area contributed by atoms with Crippen LogP contribution in [-0.2, 0) is 10.5 Å². The third-order valence-electron chi connectivity index (χ3n) is 4.56. The Labute approximate surface area is 173 Å². The predicted molar refractivity (Wildman–Crippen MR) is 109 cm³/mol. The summed E-state index contributed by atoms with van der Waals surface area (Å²) in [5.41, 5.74) is 1.78. The van der Waals surface area contributed by atoms with Gasteiger partial charge in [-0.3, -0.25) is 4.79 Å². The van der Waals surface area contributed by atoms with E-state index in [4.69, 9.17) is 13.9 Å². The maximum absolute atomic E-state index is 12.4. The number of carbonyl (C=O) groups is 1. The maximum atomic E-state index is 12.4. The highest BCUT2D eigenvalue weighted by atomic mass is 32.2. The van der Waals surface area contributed by atoms with E-state index in [1.54, 1.807) is 18.1 Å². The van der Waals surface area contributed by atoms with Crippen molar-refractivity contribution in [2.24, 2.45) is 0 Å². The lowest BCUT2D eigenvalue weighted by atomic mass is 10.1. The number of ether oxygens (including phenoxy) is 2. The number of rotatable bonds is 6. The first-order valence-corrected chi connectivity index (χ1v) is 10.3. The molecule has 0 bridgehead atoms. The van der Waals surface area contributed by atoms with Gasteiger partial charge >= 0.3 is 0 Å². The Kier molecular flexibility index (Phi) is 6.12. The predicted octanol–water partition coefficient (Wildman–Crippen LogP) is 3.51. The monoisotopic (exact) mass is 411 g/mol. The molecule has 29 heavy (non-hydrogen) atoms. The van der Waals surface area contributed by atoms with E-state index < -0.39 is 0 Å². The van der Waals surface area contributed by atoms with Crippen molar-refractivity contribution in [1.82, 2.24) is 15.1 Å². The summed E-state index contributed by atoms with van der Waals surface area (Å²) >= 11 is 1.51. The van der Waals surface area contributed by atoms with Gasteiger partial charge in [-0.15, -0.1) is 10.2 Å². The van der Waals surface area contributed by atoms with Gasteiger partial charge in [-0.25, -0.2) is 0 Å². The van der Waals surface area contributed by atoms with Crippen LogP contribution in [0.1, 0.15) is 16.3 Å². The van der Waals surface area contributed by atoms with Crippen LogP contribution in [0.2, 0.25) is 0 Å². The third kappa shape index (κ3) is 4.78. The molecule has 0 N–H and O–H groups in total. The number of hydrogen-bond donors (Lipinski definition) is 0. The SMILES string of the molecule is COc1ccc(-c2ccc(SCc3ccc(C(=O)N4CCOCC4)o3)nn2)cc1. The first kappa shape index (κ1) is 19.5. The fraction of sp³-hybridized carbons (Fsp3) is 0.286. The first-order valence-electron chi connectivity index (χ1n) is 9.29. The second-order valence-corrected chi connectivity index (χ2v) is 7.44.